The summed E-state index contributed by atoms with van der Waals surface area (Å²) < 4.78 is 0.539. The summed E-state index contributed by atoms with van der Waals surface area (Å²) >= 11 is 8.92. The van der Waals surface area contributed by atoms with Crippen molar-refractivity contribution >= 4 is 33.5 Å². The molecule has 0 saturated carbocycles. The lowest BCUT2D eigenvalue weighted by atomic mass is 10.1. The summed E-state index contributed by atoms with van der Waals surface area (Å²) in [6, 6.07) is 0. The van der Waals surface area contributed by atoms with Gasteiger partial charge in [-0.25, -0.2) is 9.78 Å². The van der Waals surface area contributed by atoms with Crippen molar-refractivity contribution in [3.63, 3.8) is 0 Å². The number of carboxylic acids is 1. The third-order valence-electron chi connectivity index (χ3n) is 1.73. The number of rotatable bonds is 1. The van der Waals surface area contributed by atoms with Crippen LogP contribution in [0.2, 0.25) is 5.15 Å². The van der Waals surface area contributed by atoms with Crippen molar-refractivity contribution in [1.82, 2.24) is 4.98 Å². The number of hydrogen-bond acceptors (Lipinski definition) is 2. The molecule has 13 heavy (non-hydrogen) atoms. The van der Waals surface area contributed by atoms with Gasteiger partial charge in [-0.05, 0) is 35.3 Å². The van der Waals surface area contributed by atoms with E-state index in [1.54, 1.807) is 13.8 Å². The van der Waals surface area contributed by atoms with E-state index in [0.29, 0.717) is 20.9 Å². The first-order chi connectivity index (χ1) is 5.95. The molecule has 0 radical (unpaired) electrons. The number of halogens is 2. The molecule has 3 nitrogen and oxygen atoms in total. The Morgan fingerprint density at radius 2 is 2.08 bits per heavy atom. The fourth-order valence-corrected chi connectivity index (χ4v) is 1.66. The van der Waals surface area contributed by atoms with Crippen LogP contribution in [0.25, 0.3) is 0 Å². The second-order valence-electron chi connectivity index (χ2n) is 2.61. The van der Waals surface area contributed by atoms with Crippen molar-refractivity contribution in [3.8, 4) is 0 Å². The van der Waals surface area contributed by atoms with Crippen LogP contribution < -0.4 is 0 Å². The predicted octanol–water partition coefficient (Wildman–Crippen LogP) is 2.81. The van der Waals surface area contributed by atoms with Crippen LogP contribution in [0.1, 0.15) is 21.6 Å². The minimum atomic E-state index is -0.986. The van der Waals surface area contributed by atoms with Crippen LogP contribution in [0, 0.1) is 13.8 Å². The summed E-state index contributed by atoms with van der Waals surface area (Å²) in [7, 11) is 0. The molecule has 5 heteroatoms. The van der Waals surface area contributed by atoms with E-state index >= 15 is 0 Å². The summed E-state index contributed by atoms with van der Waals surface area (Å²) in [4.78, 5) is 14.7. The van der Waals surface area contributed by atoms with Gasteiger partial charge in [0.15, 0.2) is 0 Å². The standard InChI is InChI=1S/C8H7BrClNO2/c1-3-5(8(12)13)4(2)11-7(10)6(3)9/h1-2H3,(H,12,13). The van der Waals surface area contributed by atoms with Crippen LogP contribution in [0.15, 0.2) is 4.47 Å². The van der Waals surface area contributed by atoms with Crippen LogP contribution >= 0.6 is 27.5 Å². The van der Waals surface area contributed by atoms with Crippen LogP contribution in [-0.4, -0.2) is 16.1 Å². The molecule has 1 aromatic heterocycles. The third-order valence-corrected chi connectivity index (χ3v) is 3.20. The molecule has 0 aromatic carbocycles. The van der Waals surface area contributed by atoms with E-state index in [1.807, 2.05) is 0 Å². The Kier molecular flexibility index (Phi) is 2.93. The molecule has 0 bridgehead atoms. The molecule has 1 rings (SSSR count). The summed E-state index contributed by atoms with van der Waals surface area (Å²) in [6.07, 6.45) is 0. The average Bonchev–Trinajstić information content (AvgIpc) is 1.99. The summed E-state index contributed by atoms with van der Waals surface area (Å²) in [5.41, 5.74) is 1.24. The average molecular weight is 265 g/mol. The number of aromatic carboxylic acids is 1. The van der Waals surface area contributed by atoms with Gasteiger partial charge in [0.2, 0.25) is 0 Å². The summed E-state index contributed by atoms with van der Waals surface area (Å²) in [6.45, 7) is 3.31. The van der Waals surface area contributed by atoms with Gasteiger partial charge in [0.1, 0.15) is 5.15 Å². The fourth-order valence-electron chi connectivity index (χ4n) is 1.10. The Hall–Kier alpha value is -0.610. The normalized spacial score (nSPS) is 10.2. The number of hydrogen-bond donors (Lipinski definition) is 1. The van der Waals surface area contributed by atoms with E-state index in [1.165, 1.54) is 0 Å². The van der Waals surface area contributed by atoms with Crippen LogP contribution in [0.5, 0.6) is 0 Å². The second kappa shape index (κ2) is 3.64. The lowest BCUT2D eigenvalue weighted by Crippen LogP contribution is -2.06. The van der Waals surface area contributed by atoms with E-state index in [-0.39, 0.29) is 5.56 Å². The first-order valence-electron chi connectivity index (χ1n) is 3.50. The van der Waals surface area contributed by atoms with E-state index < -0.39 is 5.97 Å². The van der Waals surface area contributed by atoms with Crippen molar-refractivity contribution in [1.29, 1.82) is 0 Å². The van der Waals surface area contributed by atoms with Crippen molar-refractivity contribution in [2.75, 3.05) is 0 Å². The fraction of sp³-hybridized carbons (Fsp3) is 0.250. The van der Waals surface area contributed by atoms with Gasteiger partial charge >= 0.3 is 5.97 Å². The molecule has 1 heterocycles. The van der Waals surface area contributed by atoms with Gasteiger partial charge in [-0.2, -0.15) is 0 Å². The zero-order valence-electron chi connectivity index (χ0n) is 7.06. The van der Waals surface area contributed by atoms with Gasteiger partial charge in [0, 0.05) is 0 Å². The minimum Gasteiger partial charge on any atom is -0.478 e. The maximum atomic E-state index is 10.8. The molecule has 0 aliphatic rings. The third kappa shape index (κ3) is 1.84. The van der Waals surface area contributed by atoms with Gasteiger partial charge in [-0.15, -0.1) is 0 Å². The summed E-state index contributed by atoms with van der Waals surface area (Å²) in [5, 5.41) is 9.15. The Balaban J connectivity index is 3.53. The number of aryl methyl sites for hydroxylation is 1. The first-order valence-corrected chi connectivity index (χ1v) is 4.67. The molecular formula is C8H7BrClNO2. The molecule has 1 N–H and O–H groups in total. The smallest absolute Gasteiger partial charge is 0.337 e. The van der Waals surface area contributed by atoms with Crippen molar-refractivity contribution < 1.29 is 9.90 Å². The van der Waals surface area contributed by atoms with E-state index in [4.69, 9.17) is 16.7 Å². The highest BCUT2D eigenvalue weighted by Crippen LogP contribution is 2.28. The van der Waals surface area contributed by atoms with E-state index in [9.17, 15) is 4.79 Å². The SMILES string of the molecule is Cc1nc(Cl)c(Br)c(C)c1C(=O)O. The molecule has 0 unspecified atom stereocenters. The van der Waals surface area contributed by atoms with Crippen LogP contribution in [0.4, 0.5) is 0 Å². The minimum absolute atomic E-state index is 0.205. The van der Waals surface area contributed by atoms with Gasteiger partial charge < -0.3 is 5.11 Å². The monoisotopic (exact) mass is 263 g/mol. The Labute approximate surface area is 88.9 Å². The Bertz CT molecular complexity index is 379. The topological polar surface area (TPSA) is 50.2 Å². The predicted molar refractivity (Wildman–Crippen MR) is 53.4 cm³/mol. The van der Waals surface area contributed by atoms with Crippen LogP contribution in [-0.2, 0) is 0 Å². The van der Waals surface area contributed by atoms with Crippen LogP contribution in [0.3, 0.4) is 0 Å². The molecule has 1 aromatic rings. The van der Waals surface area contributed by atoms with Crippen molar-refractivity contribution in [2.45, 2.75) is 13.8 Å². The lowest BCUT2D eigenvalue weighted by molar-refractivity contribution is 0.0694. The van der Waals surface area contributed by atoms with Gasteiger partial charge in [0.25, 0.3) is 0 Å². The quantitative estimate of drug-likeness (QED) is 0.794. The molecule has 0 atom stereocenters. The highest BCUT2D eigenvalue weighted by Gasteiger charge is 2.16. The molecule has 0 aliphatic heterocycles. The Morgan fingerprint density at radius 1 is 1.54 bits per heavy atom. The highest BCUT2D eigenvalue weighted by molar-refractivity contribution is 9.10. The zero-order chi connectivity index (χ0) is 10.2. The van der Waals surface area contributed by atoms with E-state index in [0.717, 1.165) is 0 Å². The molecule has 70 valence electrons. The molecule has 0 fully saturated rings. The number of pyridine rings is 1. The number of carboxylic acid groups (broad SMARTS) is 1. The largest absolute Gasteiger partial charge is 0.478 e. The zero-order valence-corrected chi connectivity index (χ0v) is 9.40. The van der Waals surface area contributed by atoms with Gasteiger partial charge in [-0.1, -0.05) is 11.6 Å². The maximum absolute atomic E-state index is 10.8. The van der Waals surface area contributed by atoms with Crippen molar-refractivity contribution in [2.24, 2.45) is 0 Å². The summed E-state index contributed by atoms with van der Waals surface area (Å²) in [5.74, 6) is -0.986. The van der Waals surface area contributed by atoms with Gasteiger partial charge in [0.05, 0.1) is 15.7 Å². The molecule has 0 spiro atoms. The number of nitrogens with zero attached hydrogens (tertiary/aromatic N) is 1. The molecular weight excluding hydrogens is 257 g/mol. The van der Waals surface area contributed by atoms with E-state index in [2.05, 4.69) is 20.9 Å². The van der Waals surface area contributed by atoms with Gasteiger partial charge in [-0.3, -0.25) is 0 Å². The van der Waals surface area contributed by atoms with Crippen molar-refractivity contribution in [3.05, 3.63) is 26.4 Å². The molecule has 0 amide bonds. The Morgan fingerprint density at radius 3 is 2.54 bits per heavy atom. The number of carbonyl (C=O) groups is 1. The maximum Gasteiger partial charge on any atom is 0.337 e. The second-order valence-corrected chi connectivity index (χ2v) is 3.76. The lowest BCUT2D eigenvalue weighted by Gasteiger charge is -2.07. The highest BCUT2D eigenvalue weighted by atomic mass is 79.9. The molecule has 0 aliphatic carbocycles. The number of aromatic nitrogens is 1. The molecule has 0 saturated heterocycles. The first kappa shape index (κ1) is 10.5.